The summed E-state index contributed by atoms with van der Waals surface area (Å²) in [6.07, 6.45) is 6.02. The van der Waals surface area contributed by atoms with Crippen LogP contribution in [-0.4, -0.2) is 78.9 Å². The molecule has 42 heavy (non-hydrogen) atoms. The molecule has 0 aromatic rings. The minimum atomic E-state index is -1.25. The van der Waals surface area contributed by atoms with Crippen LogP contribution in [0.5, 0.6) is 0 Å². The first kappa shape index (κ1) is 34.4. The third kappa shape index (κ3) is 9.10. The van der Waals surface area contributed by atoms with Crippen molar-refractivity contribution < 1.29 is 38.9 Å². The summed E-state index contributed by atoms with van der Waals surface area (Å²) in [5, 5.41) is 28.7. The zero-order valence-corrected chi connectivity index (χ0v) is 25.1. The van der Waals surface area contributed by atoms with Gasteiger partial charge in [-0.2, -0.15) is 0 Å². The van der Waals surface area contributed by atoms with Gasteiger partial charge < -0.3 is 35.6 Å². The summed E-state index contributed by atoms with van der Waals surface area (Å²) in [6.45, 7) is 10.9. The molecular formula is C31H43N3O8. The number of carbonyl (C=O) groups excluding carboxylic acids is 3. The highest BCUT2D eigenvalue weighted by Gasteiger charge is 2.33. The molecule has 1 heterocycles. The van der Waals surface area contributed by atoms with Gasteiger partial charge in [-0.25, -0.2) is 4.79 Å². The Labute approximate surface area is 247 Å². The quantitative estimate of drug-likeness (QED) is 0.233. The zero-order chi connectivity index (χ0) is 31.6. The van der Waals surface area contributed by atoms with Crippen LogP contribution >= 0.6 is 0 Å². The number of Topliss-reactive ketones (excluding diaryl/α,β-unsaturated/α-hetero) is 1. The van der Waals surface area contributed by atoms with Crippen LogP contribution < -0.4 is 16.0 Å². The van der Waals surface area contributed by atoms with E-state index in [9.17, 15) is 29.4 Å². The molecule has 0 saturated carbocycles. The van der Waals surface area contributed by atoms with Gasteiger partial charge in [0.1, 0.15) is 0 Å². The second-order valence-electron chi connectivity index (χ2n) is 10.7. The SMILES string of the molecule is C=CCNC1=C2C[C@@H](C)C[C@H](OC)[C@H](O)[C@@H](C)C=C(C)[C@H](NC(=O)O)[C@@H](OC)C=CC=C(C)C(=O)NC(=CC1=O)C2=O. The highest BCUT2D eigenvalue weighted by Crippen LogP contribution is 2.28. The van der Waals surface area contributed by atoms with E-state index in [1.165, 1.54) is 20.3 Å². The van der Waals surface area contributed by atoms with Gasteiger partial charge in [-0.05, 0) is 32.6 Å². The van der Waals surface area contributed by atoms with Gasteiger partial charge in [-0.1, -0.05) is 49.8 Å². The molecule has 2 amide bonds. The molecule has 0 aromatic carbocycles. The van der Waals surface area contributed by atoms with Crippen LogP contribution in [-0.2, 0) is 23.9 Å². The molecular weight excluding hydrogens is 542 g/mol. The number of fused-ring (bicyclic) bond motifs is 2. The summed E-state index contributed by atoms with van der Waals surface area (Å²) in [6, 6.07) is -0.788. The third-order valence-corrected chi connectivity index (χ3v) is 7.32. The first-order chi connectivity index (χ1) is 19.8. The van der Waals surface area contributed by atoms with Crippen LogP contribution in [0, 0.1) is 11.8 Å². The average molecular weight is 586 g/mol. The number of ether oxygens (including phenoxy) is 2. The monoisotopic (exact) mass is 585 g/mol. The van der Waals surface area contributed by atoms with Crippen LogP contribution in [0.2, 0.25) is 0 Å². The fraction of sp³-hybridized carbons (Fsp3) is 0.484. The lowest BCUT2D eigenvalue weighted by molar-refractivity contribution is -0.120. The standard InChI is InChI=1S/C31H43N3O8/c1-8-12-32-27-21-13-17(2)14-25(42-7)28(36)20(5)15-19(4)26(34-31(39)40)24(41-6)11-9-10-18(3)30(38)33-22(29(21)37)16-23(27)35/h8-11,15-17,20,24-26,28,32,34,36H,1,12-14H2,2-7H3,(H,33,38)(H,39,40)/t17-,20+,24+,25+,26+,28-/m1/s1. The van der Waals surface area contributed by atoms with E-state index in [-0.39, 0.29) is 41.4 Å². The number of hydrogen-bond acceptors (Lipinski definition) is 8. The lowest BCUT2D eigenvalue weighted by Crippen LogP contribution is -2.44. The zero-order valence-electron chi connectivity index (χ0n) is 25.1. The lowest BCUT2D eigenvalue weighted by atomic mass is 9.85. The molecule has 2 bridgehead atoms. The minimum Gasteiger partial charge on any atom is -0.465 e. The first-order valence-corrected chi connectivity index (χ1v) is 13.8. The molecule has 5 N–H and O–H groups in total. The fourth-order valence-electron chi connectivity index (χ4n) is 5.03. The smallest absolute Gasteiger partial charge is 0.405 e. The molecule has 230 valence electrons. The van der Waals surface area contributed by atoms with E-state index in [1.54, 1.807) is 45.1 Å². The Morgan fingerprint density at radius 3 is 2.48 bits per heavy atom. The van der Waals surface area contributed by atoms with Gasteiger partial charge in [-0.3, -0.25) is 14.4 Å². The number of nitrogens with one attached hydrogen (secondary N) is 3. The number of ketones is 2. The molecule has 1 aliphatic heterocycles. The van der Waals surface area contributed by atoms with Crippen LogP contribution in [0.25, 0.3) is 0 Å². The minimum absolute atomic E-state index is 0.136. The van der Waals surface area contributed by atoms with Crippen molar-refractivity contribution in [2.75, 3.05) is 20.8 Å². The number of carboxylic acid groups (broad SMARTS) is 1. The number of aliphatic hydroxyl groups excluding tert-OH is 1. The molecule has 2 rings (SSSR count). The topological polar surface area (TPSA) is 163 Å². The van der Waals surface area contributed by atoms with Gasteiger partial charge in [0.2, 0.25) is 11.6 Å². The van der Waals surface area contributed by atoms with E-state index in [4.69, 9.17) is 9.47 Å². The van der Waals surface area contributed by atoms with Crippen molar-refractivity contribution >= 4 is 23.6 Å². The molecule has 0 radical (unpaired) electrons. The van der Waals surface area contributed by atoms with Gasteiger partial charge in [-0.15, -0.1) is 6.58 Å². The van der Waals surface area contributed by atoms with Crippen molar-refractivity contribution in [2.45, 2.75) is 64.9 Å². The van der Waals surface area contributed by atoms with E-state index in [0.717, 1.165) is 6.08 Å². The summed E-state index contributed by atoms with van der Waals surface area (Å²) in [4.78, 5) is 51.2. The number of aliphatic hydroxyl groups is 1. The van der Waals surface area contributed by atoms with E-state index in [1.807, 2.05) is 6.92 Å². The Balaban J connectivity index is 2.62. The molecule has 0 spiro atoms. The molecule has 1 aliphatic carbocycles. The average Bonchev–Trinajstić information content (AvgIpc) is 2.94. The van der Waals surface area contributed by atoms with Gasteiger partial charge in [0.15, 0.2) is 0 Å². The summed E-state index contributed by atoms with van der Waals surface area (Å²) in [5.41, 5.74) is 1.10. The van der Waals surface area contributed by atoms with Crippen LogP contribution in [0.4, 0.5) is 4.79 Å². The van der Waals surface area contributed by atoms with Gasteiger partial charge in [0.05, 0.1) is 35.7 Å². The predicted molar refractivity (Wildman–Crippen MR) is 158 cm³/mol. The summed E-state index contributed by atoms with van der Waals surface area (Å²) in [7, 11) is 2.91. The Morgan fingerprint density at radius 2 is 1.88 bits per heavy atom. The molecule has 11 nitrogen and oxygen atoms in total. The molecule has 11 heteroatoms. The summed E-state index contributed by atoms with van der Waals surface area (Å²) >= 11 is 0. The van der Waals surface area contributed by atoms with E-state index in [0.29, 0.717) is 12.0 Å². The Kier molecular flexibility index (Phi) is 13.1. The summed E-state index contributed by atoms with van der Waals surface area (Å²) < 4.78 is 11.2. The molecule has 0 fully saturated rings. The maximum absolute atomic E-state index is 13.5. The van der Waals surface area contributed by atoms with Crippen LogP contribution in [0.1, 0.15) is 40.5 Å². The van der Waals surface area contributed by atoms with E-state index < -0.39 is 53.8 Å². The van der Waals surface area contributed by atoms with Gasteiger partial charge >= 0.3 is 6.09 Å². The number of carbonyl (C=O) groups is 4. The third-order valence-electron chi connectivity index (χ3n) is 7.32. The maximum atomic E-state index is 13.5. The van der Waals surface area contributed by atoms with E-state index >= 15 is 0 Å². The number of methoxy groups -OCH3 is 2. The Bertz CT molecular complexity index is 1210. The first-order valence-electron chi connectivity index (χ1n) is 13.8. The summed E-state index contributed by atoms with van der Waals surface area (Å²) in [5.74, 6) is -2.16. The second kappa shape index (κ2) is 16.0. The fourth-order valence-corrected chi connectivity index (χ4v) is 5.03. The van der Waals surface area contributed by atoms with Crippen LogP contribution in [0.15, 0.2) is 71.1 Å². The van der Waals surface area contributed by atoms with Crippen molar-refractivity contribution in [3.63, 3.8) is 0 Å². The maximum Gasteiger partial charge on any atom is 0.405 e. The van der Waals surface area contributed by atoms with Crippen molar-refractivity contribution in [2.24, 2.45) is 11.8 Å². The molecule has 6 atom stereocenters. The highest BCUT2D eigenvalue weighted by molar-refractivity contribution is 6.23. The molecule has 2 aliphatic rings. The molecule has 0 aromatic heterocycles. The van der Waals surface area contributed by atoms with Gasteiger partial charge in [0.25, 0.3) is 5.91 Å². The largest absolute Gasteiger partial charge is 0.465 e. The van der Waals surface area contributed by atoms with Crippen LogP contribution in [0.3, 0.4) is 0 Å². The van der Waals surface area contributed by atoms with Gasteiger partial charge in [0, 0.05) is 43.9 Å². The highest BCUT2D eigenvalue weighted by atomic mass is 16.5. The lowest BCUT2D eigenvalue weighted by Gasteiger charge is -2.30. The Hall–Kier alpha value is -3.80. The number of allylic oxidation sites excluding steroid dienone is 4. The number of rotatable bonds is 6. The number of hydrogen-bond donors (Lipinski definition) is 5. The molecule has 0 unspecified atom stereocenters. The second-order valence-corrected chi connectivity index (χ2v) is 10.7. The van der Waals surface area contributed by atoms with Crippen molar-refractivity contribution in [3.8, 4) is 0 Å². The Morgan fingerprint density at radius 1 is 1.19 bits per heavy atom. The van der Waals surface area contributed by atoms with Crippen molar-refractivity contribution in [3.05, 3.63) is 71.1 Å². The van der Waals surface area contributed by atoms with Crippen molar-refractivity contribution in [1.29, 1.82) is 0 Å². The normalized spacial score (nSPS) is 28.4. The number of amides is 2. The van der Waals surface area contributed by atoms with E-state index in [2.05, 4.69) is 22.5 Å². The predicted octanol–water partition coefficient (Wildman–Crippen LogP) is 2.71. The molecule has 0 saturated heterocycles. The van der Waals surface area contributed by atoms with Crippen molar-refractivity contribution in [1.82, 2.24) is 16.0 Å².